The molecule has 0 radical (unpaired) electrons. The van der Waals surface area contributed by atoms with Gasteiger partial charge in [-0.05, 0) is 31.5 Å². The van der Waals surface area contributed by atoms with Crippen molar-refractivity contribution in [1.82, 2.24) is 0 Å². The predicted molar refractivity (Wildman–Crippen MR) is 71.8 cm³/mol. The molecule has 0 aromatic heterocycles. The Kier molecular flexibility index (Phi) is 5.75. The summed E-state index contributed by atoms with van der Waals surface area (Å²) in [6, 6.07) is 5.74. The molecule has 0 aliphatic heterocycles. The first-order chi connectivity index (χ1) is 8.10. The first-order valence-corrected chi connectivity index (χ1v) is 6.19. The molecule has 1 N–H and O–H groups in total. The van der Waals surface area contributed by atoms with Gasteiger partial charge in [0.05, 0.1) is 12.7 Å². The third kappa shape index (κ3) is 3.87. The van der Waals surface area contributed by atoms with Crippen LogP contribution in [0.1, 0.15) is 25.5 Å². The third-order valence-electron chi connectivity index (χ3n) is 2.75. The molecule has 3 nitrogen and oxygen atoms in total. The second-order valence-corrected chi connectivity index (χ2v) is 4.36. The van der Waals surface area contributed by atoms with Crippen LogP contribution in [0.5, 0.6) is 0 Å². The standard InChI is InChI=1S/C13H20ClNO2/c1-4-15(7-8-17-3)11-5-6-12(10(2)16)13(14)9-11/h5-6,9-10,16H,4,7-8H2,1-3H3. The molecule has 4 heteroatoms. The van der Waals surface area contributed by atoms with E-state index in [0.717, 1.165) is 24.3 Å². The summed E-state index contributed by atoms with van der Waals surface area (Å²) in [5.74, 6) is 0. The molecule has 0 spiro atoms. The zero-order chi connectivity index (χ0) is 12.8. The van der Waals surface area contributed by atoms with E-state index < -0.39 is 6.10 Å². The lowest BCUT2D eigenvalue weighted by atomic mass is 10.1. The van der Waals surface area contributed by atoms with Gasteiger partial charge in [0.15, 0.2) is 0 Å². The summed E-state index contributed by atoms with van der Waals surface area (Å²) in [6.45, 7) is 6.21. The SMILES string of the molecule is CCN(CCOC)c1ccc(C(C)O)c(Cl)c1. The number of ether oxygens (including phenoxy) is 1. The molecule has 1 aromatic rings. The summed E-state index contributed by atoms with van der Waals surface area (Å²) in [4.78, 5) is 2.18. The van der Waals surface area contributed by atoms with Crippen molar-refractivity contribution >= 4 is 17.3 Å². The van der Waals surface area contributed by atoms with E-state index in [9.17, 15) is 5.11 Å². The molecule has 0 fully saturated rings. The van der Waals surface area contributed by atoms with Crippen LogP contribution in [0, 0.1) is 0 Å². The largest absolute Gasteiger partial charge is 0.389 e. The van der Waals surface area contributed by atoms with Gasteiger partial charge in [0.2, 0.25) is 0 Å². The average molecular weight is 258 g/mol. The summed E-state index contributed by atoms with van der Waals surface area (Å²) in [5, 5.41) is 10.1. The maximum atomic E-state index is 9.51. The van der Waals surface area contributed by atoms with E-state index in [-0.39, 0.29) is 0 Å². The van der Waals surface area contributed by atoms with E-state index in [0.29, 0.717) is 11.6 Å². The van der Waals surface area contributed by atoms with E-state index in [1.54, 1.807) is 14.0 Å². The van der Waals surface area contributed by atoms with Crippen LogP contribution in [0.2, 0.25) is 5.02 Å². The number of anilines is 1. The molecule has 1 rings (SSSR count). The number of hydrogen-bond acceptors (Lipinski definition) is 3. The van der Waals surface area contributed by atoms with Crippen molar-refractivity contribution in [3.63, 3.8) is 0 Å². The Morgan fingerprint density at radius 3 is 2.65 bits per heavy atom. The molecule has 0 saturated carbocycles. The van der Waals surface area contributed by atoms with Crippen molar-refractivity contribution in [2.24, 2.45) is 0 Å². The first-order valence-electron chi connectivity index (χ1n) is 5.81. The lowest BCUT2D eigenvalue weighted by Crippen LogP contribution is -2.26. The zero-order valence-corrected chi connectivity index (χ0v) is 11.4. The number of aliphatic hydroxyl groups excluding tert-OH is 1. The maximum Gasteiger partial charge on any atom is 0.0776 e. The molecular weight excluding hydrogens is 238 g/mol. The van der Waals surface area contributed by atoms with Crippen molar-refractivity contribution in [3.05, 3.63) is 28.8 Å². The zero-order valence-electron chi connectivity index (χ0n) is 10.6. The minimum atomic E-state index is -0.536. The summed E-state index contributed by atoms with van der Waals surface area (Å²) >= 11 is 6.14. The quantitative estimate of drug-likeness (QED) is 0.851. The number of aliphatic hydroxyl groups is 1. The lowest BCUT2D eigenvalue weighted by Gasteiger charge is -2.23. The highest BCUT2D eigenvalue weighted by molar-refractivity contribution is 6.31. The van der Waals surface area contributed by atoms with E-state index in [1.807, 2.05) is 18.2 Å². The van der Waals surface area contributed by atoms with Gasteiger partial charge < -0.3 is 14.7 Å². The van der Waals surface area contributed by atoms with E-state index in [1.165, 1.54) is 0 Å². The molecule has 17 heavy (non-hydrogen) atoms. The molecule has 0 bridgehead atoms. The van der Waals surface area contributed by atoms with E-state index >= 15 is 0 Å². The van der Waals surface area contributed by atoms with Crippen LogP contribution < -0.4 is 4.90 Å². The number of likely N-dealkylation sites (N-methyl/N-ethyl adjacent to an activating group) is 1. The van der Waals surface area contributed by atoms with E-state index in [2.05, 4.69) is 11.8 Å². The number of benzene rings is 1. The summed E-state index contributed by atoms with van der Waals surface area (Å²) in [5.41, 5.74) is 1.82. The fourth-order valence-electron chi connectivity index (χ4n) is 1.72. The molecule has 1 atom stereocenters. The number of hydrogen-bond donors (Lipinski definition) is 1. The van der Waals surface area contributed by atoms with Crippen LogP contribution in [-0.4, -0.2) is 31.9 Å². The number of rotatable bonds is 6. The van der Waals surface area contributed by atoms with Crippen LogP contribution in [0.15, 0.2) is 18.2 Å². The highest BCUT2D eigenvalue weighted by Crippen LogP contribution is 2.27. The molecule has 0 heterocycles. The lowest BCUT2D eigenvalue weighted by molar-refractivity contribution is 0.199. The van der Waals surface area contributed by atoms with Gasteiger partial charge in [-0.25, -0.2) is 0 Å². The number of methoxy groups -OCH3 is 1. The summed E-state index contributed by atoms with van der Waals surface area (Å²) in [7, 11) is 1.69. The van der Waals surface area contributed by atoms with Crippen molar-refractivity contribution in [2.75, 3.05) is 31.7 Å². The monoisotopic (exact) mass is 257 g/mol. The fourth-order valence-corrected chi connectivity index (χ4v) is 2.06. The Hall–Kier alpha value is -0.770. The van der Waals surface area contributed by atoms with Gasteiger partial charge in [-0.3, -0.25) is 0 Å². The Morgan fingerprint density at radius 1 is 1.47 bits per heavy atom. The highest BCUT2D eigenvalue weighted by Gasteiger charge is 2.10. The van der Waals surface area contributed by atoms with Gasteiger partial charge >= 0.3 is 0 Å². The molecule has 0 aliphatic carbocycles. The van der Waals surface area contributed by atoms with Crippen molar-refractivity contribution < 1.29 is 9.84 Å². The summed E-state index contributed by atoms with van der Waals surface area (Å²) in [6.07, 6.45) is -0.536. The second-order valence-electron chi connectivity index (χ2n) is 3.95. The topological polar surface area (TPSA) is 32.7 Å². The van der Waals surface area contributed by atoms with Gasteiger partial charge in [0.25, 0.3) is 0 Å². The normalized spacial score (nSPS) is 12.5. The van der Waals surface area contributed by atoms with Gasteiger partial charge in [0, 0.05) is 30.9 Å². The summed E-state index contributed by atoms with van der Waals surface area (Å²) < 4.78 is 5.07. The highest BCUT2D eigenvalue weighted by atomic mass is 35.5. The van der Waals surface area contributed by atoms with Crippen LogP contribution >= 0.6 is 11.6 Å². The maximum absolute atomic E-state index is 9.51. The Morgan fingerprint density at radius 2 is 2.18 bits per heavy atom. The van der Waals surface area contributed by atoms with Gasteiger partial charge in [-0.15, -0.1) is 0 Å². The molecule has 0 aliphatic rings. The Bertz CT molecular complexity index is 355. The average Bonchev–Trinajstić information content (AvgIpc) is 2.29. The van der Waals surface area contributed by atoms with Crippen LogP contribution in [0.4, 0.5) is 5.69 Å². The first kappa shape index (κ1) is 14.3. The van der Waals surface area contributed by atoms with Crippen LogP contribution in [0.3, 0.4) is 0 Å². The van der Waals surface area contributed by atoms with Gasteiger partial charge in [-0.1, -0.05) is 17.7 Å². The number of nitrogens with zero attached hydrogens (tertiary/aromatic N) is 1. The molecule has 0 amide bonds. The molecule has 0 saturated heterocycles. The predicted octanol–water partition coefficient (Wildman–Crippen LogP) is 2.87. The fraction of sp³-hybridized carbons (Fsp3) is 0.538. The Labute approximate surface area is 108 Å². The Balaban J connectivity index is 2.86. The molecule has 1 aromatic carbocycles. The van der Waals surface area contributed by atoms with Crippen molar-refractivity contribution in [1.29, 1.82) is 0 Å². The van der Waals surface area contributed by atoms with Crippen LogP contribution in [0.25, 0.3) is 0 Å². The van der Waals surface area contributed by atoms with Gasteiger partial charge in [-0.2, -0.15) is 0 Å². The molecular formula is C13H20ClNO2. The van der Waals surface area contributed by atoms with Gasteiger partial charge in [0.1, 0.15) is 0 Å². The smallest absolute Gasteiger partial charge is 0.0776 e. The number of halogens is 1. The van der Waals surface area contributed by atoms with Crippen molar-refractivity contribution in [2.45, 2.75) is 20.0 Å². The van der Waals surface area contributed by atoms with E-state index in [4.69, 9.17) is 16.3 Å². The molecule has 96 valence electrons. The second kappa shape index (κ2) is 6.84. The van der Waals surface area contributed by atoms with Crippen molar-refractivity contribution in [3.8, 4) is 0 Å². The molecule has 1 unspecified atom stereocenters. The van der Waals surface area contributed by atoms with Crippen LogP contribution in [-0.2, 0) is 4.74 Å². The minimum Gasteiger partial charge on any atom is -0.389 e. The minimum absolute atomic E-state index is 0.536. The third-order valence-corrected chi connectivity index (χ3v) is 3.07.